The van der Waals surface area contributed by atoms with Gasteiger partial charge in [-0.15, -0.1) is 0 Å². The molecule has 0 aliphatic carbocycles. The fraction of sp³-hybridized carbons (Fsp3) is 0.222. The lowest BCUT2D eigenvalue weighted by Gasteiger charge is -2.25. The summed E-state index contributed by atoms with van der Waals surface area (Å²) >= 11 is 0. The molecule has 4 nitrogen and oxygen atoms in total. The number of nitrogens with zero attached hydrogens (tertiary/aromatic N) is 1. The number of carbonyl (C=O) groups excluding carboxylic acids is 1. The maximum Gasteiger partial charge on any atom is 0.337 e. The lowest BCUT2D eigenvalue weighted by Crippen LogP contribution is -2.38. The van der Waals surface area contributed by atoms with E-state index in [4.69, 9.17) is 9.47 Å². The second-order valence-corrected chi connectivity index (χ2v) is 5.33. The molecular weight excluding hydrogens is 278 g/mol. The number of esters is 1. The van der Waals surface area contributed by atoms with Crippen molar-refractivity contribution in [1.82, 2.24) is 0 Å². The largest absolute Gasteiger partial charge is 0.467 e. The molecule has 0 saturated heterocycles. The maximum atomic E-state index is 12.3. The van der Waals surface area contributed by atoms with Crippen molar-refractivity contribution in [3.8, 4) is 0 Å². The van der Waals surface area contributed by atoms with Crippen LogP contribution >= 0.6 is 0 Å². The van der Waals surface area contributed by atoms with Crippen molar-refractivity contribution in [2.45, 2.75) is 18.6 Å². The normalized spacial score (nSPS) is 23.5. The van der Waals surface area contributed by atoms with Crippen LogP contribution in [0.15, 0.2) is 65.7 Å². The summed E-state index contributed by atoms with van der Waals surface area (Å²) in [5, 5.41) is 0. The third-order valence-corrected chi connectivity index (χ3v) is 3.80. The maximum absolute atomic E-state index is 12.3. The van der Waals surface area contributed by atoms with Crippen LogP contribution in [0.5, 0.6) is 0 Å². The quantitative estimate of drug-likeness (QED) is 0.817. The highest BCUT2D eigenvalue weighted by molar-refractivity contribution is 5.99. The Morgan fingerprint density at radius 3 is 2.27 bits per heavy atom. The van der Waals surface area contributed by atoms with Crippen LogP contribution in [-0.4, -0.2) is 24.5 Å². The topological polar surface area (TPSA) is 47.9 Å². The molecule has 1 heterocycles. The molecule has 0 saturated carbocycles. The molecule has 4 heteroatoms. The summed E-state index contributed by atoms with van der Waals surface area (Å²) in [4.78, 5) is 16.8. The van der Waals surface area contributed by atoms with E-state index in [1.54, 1.807) is 6.92 Å². The number of benzene rings is 2. The number of carbonyl (C=O) groups is 1. The highest BCUT2D eigenvalue weighted by Crippen LogP contribution is 2.40. The van der Waals surface area contributed by atoms with Crippen molar-refractivity contribution in [2.24, 2.45) is 4.99 Å². The van der Waals surface area contributed by atoms with Gasteiger partial charge in [0.05, 0.1) is 7.11 Å². The van der Waals surface area contributed by atoms with E-state index >= 15 is 0 Å². The Labute approximate surface area is 129 Å². The number of ether oxygens (including phenoxy) is 2. The van der Waals surface area contributed by atoms with Gasteiger partial charge in [0.15, 0.2) is 11.6 Å². The first kappa shape index (κ1) is 14.3. The van der Waals surface area contributed by atoms with Crippen molar-refractivity contribution in [1.29, 1.82) is 0 Å². The SMILES string of the molecule is COC(=O)C1(C)N=C(c2ccccc2)OC1c1ccccc1. The molecule has 0 amide bonds. The van der Waals surface area contributed by atoms with Crippen LogP contribution in [0, 0.1) is 0 Å². The Morgan fingerprint density at radius 2 is 1.68 bits per heavy atom. The van der Waals surface area contributed by atoms with Crippen LogP contribution in [0.25, 0.3) is 0 Å². The molecule has 1 aliphatic rings. The third-order valence-electron chi connectivity index (χ3n) is 3.80. The molecule has 2 aromatic rings. The minimum absolute atomic E-state index is 0.410. The van der Waals surface area contributed by atoms with E-state index in [-0.39, 0.29) is 0 Å². The third kappa shape index (κ3) is 2.37. The zero-order valence-corrected chi connectivity index (χ0v) is 12.5. The van der Waals surface area contributed by atoms with Crippen molar-refractivity contribution in [2.75, 3.05) is 7.11 Å². The summed E-state index contributed by atoms with van der Waals surface area (Å²) in [6.45, 7) is 1.74. The van der Waals surface area contributed by atoms with Crippen molar-refractivity contribution in [3.05, 3.63) is 71.8 Å². The van der Waals surface area contributed by atoms with Gasteiger partial charge in [-0.3, -0.25) is 0 Å². The number of hydrogen-bond acceptors (Lipinski definition) is 4. The first-order chi connectivity index (χ1) is 10.6. The molecule has 0 aromatic heterocycles. The molecule has 22 heavy (non-hydrogen) atoms. The fourth-order valence-electron chi connectivity index (χ4n) is 2.62. The van der Waals surface area contributed by atoms with E-state index < -0.39 is 17.6 Å². The number of aliphatic imine (C=N–C) groups is 1. The van der Waals surface area contributed by atoms with Gasteiger partial charge in [0.2, 0.25) is 5.90 Å². The zero-order valence-electron chi connectivity index (χ0n) is 12.5. The smallest absolute Gasteiger partial charge is 0.337 e. The predicted octanol–water partition coefficient (Wildman–Crippen LogP) is 3.14. The Morgan fingerprint density at radius 1 is 1.09 bits per heavy atom. The van der Waals surface area contributed by atoms with Gasteiger partial charge in [-0.1, -0.05) is 48.5 Å². The summed E-state index contributed by atoms with van der Waals surface area (Å²) in [5.74, 6) is 0.0506. The molecule has 3 rings (SSSR count). The van der Waals surface area contributed by atoms with Crippen molar-refractivity contribution in [3.63, 3.8) is 0 Å². The second kappa shape index (κ2) is 5.64. The molecule has 0 fully saturated rings. The molecule has 2 unspecified atom stereocenters. The molecule has 0 bridgehead atoms. The van der Waals surface area contributed by atoms with Gasteiger partial charge in [0.1, 0.15) is 0 Å². The minimum Gasteiger partial charge on any atom is -0.467 e. The highest BCUT2D eigenvalue weighted by Gasteiger charge is 2.50. The molecule has 2 atom stereocenters. The van der Waals surface area contributed by atoms with Crippen LogP contribution in [0.1, 0.15) is 24.2 Å². The van der Waals surface area contributed by atoms with Crippen LogP contribution < -0.4 is 0 Å². The van der Waals surface area contributed by atoms with Gasteiger partial charge in [-0.2, -0.15) is 0 Å². The molecular formula is C18H17NO3. The average molecular weight is 295 g/mol. The van der Waals surface area contributed by atoms with E-state index in [1.165, 1.54) is 7.11 Å². The molecule has 2 aromatic carbocycles. The van der Waals surface area contributed by atoms with E-state index in [9.17, 15) is 4.79 Å². The lowest BCUT2D eigenvalue weighted by atomic mass is 9.90. The molecule has 0 N–H and O–H groups in total. The van der Waals surface area contributed by atoms with Crippen LogP contribution in [-0.2, 0) is 14.3 Å². The first-order valence-corrected chi connectivity index (χ1v) is 7.10. The van der Waals surface area contributed by atoms with E-state index in [2.05, 4.69) is 4.99 Å². The van der Waals surface area contributed by atoms with Gasteiger partial charge in [0, 0.05) is 5.56 Å². The van der Waals surface area contributed by atoms with Gasteiger partial charge in [-0.25, -0.2) is 9.79 Å². The highest BCUT2D eigenvalue weighted by atomic mass is 16.5. The molecule has 112 valence electrons. The van der Waals surface area contributed by atoms with Gasteiger partial charge in [0.25, 0.3) is 0 Å². The number of rotatable bonds is 3. The van der Waals surface area contributed by atoms with Crippen LogP contribution in [0.3, 0.4) is 0 Å². The number of methoxy groups -OCH3 is 1. The Bertz CT molecular complexity index is 697. The molecule has 1 aliphatic heterocycles. The van der Waals surface area contributed by atoms with Gasteiger partial charge in [-0.05, 0) is 24.6 Å². The molecule has 0 spiro atoms. The van der Waals surface area contributed by atoms with E-state index in [1.807, 2.05) is 60.7 Å². The zero-order chi connectivity index (χ0) is 15.6. The van der Waals surface area contributed by atoms with E-state index in [0.717, 1.165) is 11.1 Å². The monoisotopic (exact) mass is 295 g/mol. The lowest BCUT2D eigenvalue weighted by molar-refractivity contribution is -0.149. The summed E-state index contributed by atoms with van der Waals surface area (Å²) < 4.78 is 11.0. The van der Waals surface area contributed by atoms with Crippen molar-refractivity contribution >= 4 is 11.9 Å². The van der Waals surface area contributed by atoms with Crippen molar-refractivity contribution < 1.29 is 14.3 Å². The van der Waals surface area contributed by atoms with Crippen LogP contribution in [0.4, 0.5) is 0 Å². The second-order valence-electron chi connectivity index (χ2n) is 5.33. The first-order valence-electron chi connectivity index (χ1n) is 7.10. The van der Waals surface area contributed by atoms with E-state index in [0.29, 0.717) is 5.90 Å². The Kier molecular flexibility index (Phi) is 3.67. The minimum atomic E-state index is -1.10. The molecule has 0 radical (unpaired) electrons. The van der Waals surface area contributed by atoms with Crippen LogP contribution in [0.2, 0.25) is 0 Å². The summed E-state index contributed by atoms with van der Waals surface area (Å²) in [6.07, 6.45) is -0.503. The standard InChI is InChI=1S/C18H17NO3/c1-18(17(20)21-2)15(13-9-5-3-6-10-13)22-16(19-18)14-11-7-4-8-12-14/h3-12,15H,1-2H3. The fourth-order valence-corrected chi connectivity index (χ4v) is 2.62. The Hall–Kier alpha value is -2.62. The summed E-state index contributed by atoms with van der Waals surface area (Å²) in [5.41, 5.74) is 0.641. The summed E-state index contributed by atoms with van der Waals surface area (Å²) in [7, 11) is 1.37. The number of hydrogen-bond donors (Lipinski definition) is 0. The summed E-state index contributed by atoms with van der Waals surface area (Å²) in [6, 6.07) is 19.2. The predicted molar refractivity (Wildman–Crippen MR) is 83.7 cm³/mol. The van der Waals surface area contributed by atoms with Gasteiger partial charge >= 0.3 is 5.97 Å². The van der Waals surface area contributed by atoms with Gasteiger partial charge < -0.3 is 9.47 Å². The average Bonchev–Trinajstić information content (AvgIpc) is 2.95. The Balaban J connectivity index is 2.04.